The van der Waals surface area contributed by atoms with Crippen LogP contribution in [0.1, 0.15) is 44.6 Å². The van der Waals surface area contributed by atoms with Gasteiger partial charge in [-0.15, -0.1) is 0 Å². The first kappa shape index (κ1) is 12.2. The Balaban J connectivity index is 1.79. The second kappa shape index (κ2) is 4.36. The largest absolute Gasteiger partial charge is 0.293 e. The van der Waals surface area contributed by atoms with Crippen LogP contribution in [0.5, 0.6) is 0 Å². The molecule has 0 amide bonds. The number of rotatable bonds is 1. The summed E-state index contributed by atoms with van der Waals surface area (Å²) in [6.45, 7) is 4.47. The fourth-order valence-electron chi connectivity index (χ4n) is 3.89. The quantitative estimate of drug-likeness (QED) is 0.749. The zero-order chi connectivity index (χ0) is 12.8. The molecule has 2 aliphatic rings. The van der Waals surface area contributed by atoms with Crippen LogP contribution in [-0.2, 0) is 4.84 Å². The lowest BCUT2D eigenvalue weighted by Gasteiger charge is -2.35. The van der Waals surface area contributed by atoms with Gasteiger partial charge in [-0.25, -0.2) is 0 Å². The summed E-state index contributed by atoms with van der Waals surface area (Å²) in [6, 6.07) is 11.5. The van der Waals surface area contributed by atoms with Gasteiger partial charge >= 0.3 is 0 Å². The Morgan fingerprint density at radius 2 is 1.89 bits per heavy atom. The summed E-state index contributed by atoms with van der Waals surface area (Å²) in [5.41, 5.74) is 1.51. The number of nitrogens with zero attached hydrogens (tertiary/aromatic N) is 1. The van der Waals surface area contributed by atoms with Crippen molar-refractivity contribution >= 4 is 0 Å². The normalized spacial score (nSPS) is 35.4. The molecule has 18 heavy (non-hydrogen) atoms. The molecule has 0 bridgehead atoms. The predicted molar refractivity (Wildman–Crippen MR) is 73.2 cm³/mol. The van der Waals surface area contributed by atoms with Crippen LogP contribution in [0.15, 0.2) is 30.3 Å². The lowest BCUT2D eigenvalue weighted by molar-refractivity contribution is -0.178. The molecule has 98 valence electrons. The van der Waals surface area contributed by atoms with Gasteiger partial charge in [-0.3, -0.25) is 4.84 Å². The maximum absolute atomic E-state index is 6.01. The monoisotopic (exact) mass is 245 g/mol. The topological polar surface area (TPSA) is 12.5 Å². The van der Waals surface area contributed by atoms with Gasteiger partial charge in [0, 0.05) is 19.0 Å². The fraction of sp³-hybridized carbons (Fsp3) is 0.625. The van der Waals surface area contributed by atoms with E-state index in [2.05, 4.69) is 56.3 Å². The lowest BCUT2D eigenvalue weighted by atomic mass is 9.71. The van der Waals surface area contributed by atoms with Crippen LogP contribution >= 0.6 is 0 Å². The van der Waals surface area contributed by atoms with Crippen LogP contribution in [0.3, 0.4) is 0 Å². The van der Waals surface area contributed by atoms with Gasteiger partial charge in [0.05, 0.1) is 5.60 Å². The SMILES string of the molecule is CN1OC(C)(C)C2CCC(c3ccccc3)CC21. The van der Waals surface area contributed by atoms with E-state index in [1.165, 1.54) is 24.8 Å². The highest BCUT2D eigenvalue weighted by Crippen LogP contribution is 2.47. The Hall–Kier alpha value is -0.860. The van der Waals surface area contributed by atoms with Gasteiger partial charge in [0.25, 0.3) is 0 Å². The van der Waals surface area contributed by atoms with E-state index < -0.39 is 0 Å². The Morgan fingerprint density at radius 1 is 1.17 bits per heavy atom. The molecule has 0 N–H and O–H groups in total. The fourth-order valence-corrected chi connectivity index (χ4v) is 3.89. The maximum Gasteiger partial charge on any atom is 0.0887 e. The van der Waals surface area contributed by atoms with E-state index in [4.69, 9.17) is 4.84 Å². The van der Waals surface area contributed by atoms with Crippen molar-refractivity contribution in [2.24, 2.45) is 5.92 Å². The molecule has 0 radical (unpaired) electrons. The van der Waals surface area contributed by atoms with Crippen molar-refractivity contribution < 1.29 is 4.84 Å². The molecule has 3 rings (SSSR count). The Morgan fingerprint density at radius 3 is 2.61 bits per heavy atom. The molecule has 0 spiro atoms. The van der Waals surface area contributed by atoms with Crippen molar-refractivity contribution in [1.29, 1.82) is 0 Å². The zero-order valence-corrected chi connectivity index (χ0v) is 11.6. The third kappa shape index (κ3) is 1.98. The van der Waals surface area contributed by atoms with Crippen molar-refractivity contribution in [3.05, 3.63) is 35.9 Å². The van der Waals surface area contributed by atoms with Crippen LogP contribution in [0.4, 0.5) is 0 Å². The molecule has 3 atom stereocenters. The highest BCUT2D eigenvalue weighted by atomic mass is 16.7. The van der Waals surface area contributed by atoms with Crippen molar-refractivity contribution in [3.8, 4) is 0 Å². The van der Waals surface area contributed by atoms with Crippen LogP contribution in [0.2, 0.25) is 0 Å². The summed E-state index contributed by atoms with van der Waals surface area (Å²) in [6.07, 6.45) is 3.81. The highest BCUT2D eigenvalue weighted by molar-refractivity contribution is 5.21. The average Bonchev–Trinajstić information content (AvgIpc) is 2.61. The molecule has 2 fully saturated rings. The summed E-state index contributed by atoms with van der Waals surface area (Å²) in [4.78, 5) is 6.01. The van der Waals surface area contributed by atoms with Gasteiger partial charge in [-0.05, 0) is 44.6 Å². The van der Waals surface area contributed by atoms with Gasteiger partial charge < -0.3 is 0 Å². The lowest BCUT2D eigenvalue weighted by Crippen LogP contribution is -2.37. The van der Waals surface area contributed by atoms with E-state index in [0.29, 0.717) is 17.9 Å². The number of fused-ring (bicyclic) bond motifs is 1. The van der Waals surface area contributed by atoms with Crippen molar-refractivity contribution in [1.82, 2.24) is 5.06 Å². The second-order valence-corrected chi connectivity index (χ2v) is 6.34. The van der Waals surface area contributed by atoms with Crippen LogP contribution < -0.4 is 0 Å². The molecular formula is C16H23NO. The van der Waals surface area contributed by atoms with Gasteiger partial charge in [-0.1, -0.05) is 30.3 Å². The summed E-state index contributed by atoms with van der Waals surface area (Å²) >= 11 is 0. The second-order valence-electron chi connectivity index (χ2n) is 6.34. The summed E-state index contributed by atoms with van der Waals surface area (Å²) < 4.78 is 0. The van der Waals surface area contributed by atoms with E-state index in [-0.39, 0.29) is 5.60 Å². The van der Waals surface area contributed by atoms with Crippen molar-refractivity contribution in [2.45, 2.75) is 50.7 Å². The van der Waals surface area contributed by atoms with Crippen LogP contribution in [0, 0.1) is 5.92 Å². The van der Waals surface area contributed by atoms with Crippen molar-refractivity contribution in [3.63, 3.8) is 0 Å². The molecule has 3 unspecified atom stereocenters. The molecule has 1 saturated heterocycles. The van der Waals surface area contributed by atoms with Crippen LogP contribution in [-0.4, -0.2) is 23.8 Å². The minimum absolute atomic E-state index is 0.0150. The first-order valence-corrected chi connectivity index (χ1v) is 7.05. The molecule has 2 heteroatoms. The number of hydrogen-bond donors (Lipinski definition) is 0. The van der Waals surface area contributed by atoms with Crippen molar-refractivity contribution in [2.75, 3.05) is 7.05 Å². The summed E-state index contributed by atoms with van der Waals surface area (Å²) in [5.74, 6) is 1.38. The highest BCUT2D eigenvalue weighted by Gasteiger charge is 2.49. The molecule has 2 nitrogen and oxygen atoms in total. The third-order valence-electron chi connectivity index (χ3n) is 4.83. The average molecular weight is 245 g/mol. The number of hydrogen-bond acceptors (Lipinski definition) is 2. The molecule has 1 saturated carbocycles. The first-order chi connectivity index (χ1) is 8.58. The van der Waals surface area contributed by atoms with Gasteiger partial charge in [0.1, 0.15) is 0 Å². The van der Waals surface area contributed by atoms with E-state index in [0.717, 1.165) is 0 Å². The van der Waals surface area contributed by atoms with E-state index >= 15 is 0 Å². The standard InChI is InChI=1S/C16H23NO/c1-16(2)14-10-9-13(11-15(14)17(3)18-16)12-7-5-4-6-8-12/h4-8,13-15H,9-11H2,1-3H3. The Bertz CT molecular complexity index is 414. The smallest absolute Gasteiger partial charge is 0.0887 e. The molecule has 1 aromatic carbocycles. The number of benzene rings is 1. The predicted octanol–water partition coefficient (Wildman–Crippen LogP) is 3.59. The van der Waals surface area contributed by atoms with E-state index in [1.54, 1.807) is 0 Å². The summed E-state index contributed by atoms with van der Waals surface area (Å²) in [5, 5.41) is 2.11. The molecule has 0 aromatic heterocycles. The van der Waals surface area contributed by atoms with E-state index in [1.807, 2.05) is 0 Å². The van der Waals surface area contributed by atoms with Gasteiger partial charge in [-0.2, -0.15) is 5.06 Å². The third-order valence-corrected chi connectivity index (χ3v) is 4.83. The van der Waals surface area contributed by atoms with E-state index in [9.17, 15) is 0 Å². The molecular weight excluding hydrogens is 222 g/mol. The molecule has 1 heterocycles. The van der Waals surface area contributed by atoms with Gasteiger partial charge in [0.15, 0.2) is 0 Å². The number of hydroxylamine groups is 2. The Kier molecular flexibility index (Phi) is 2.95. The summed E-state index contributed by atoms with van der Waals surface area (Å²) in [7, 11) is 2.10. The van der Waals surface area contributed by atoms with Crippen LogP contribution in [0.25, 0.3) is 0 Å². The first-order valence-electron chi connectivity index (χ1n) is 7.05. The minimum Gasteiger partial charge on any atom is -0.293 e. The molecule has 1 aromatic rings. The maximum atomic E-state index is 6.01. The zero-order valence-electron chi connectivity index (χ0n) is 11.6. The molecule has 1 aliphatic carbocycles. The van der Waals surface area contributed by atoms with Gasteiger partial charge in [0.2, 0.25) is 0 Å². The Labute approximate surface area is 110 Å². The minimum atomic E-state index is 0.0150. The molecule has 1 aliphatic heterocycles.